The van der Waals surface area contributed by atoms with Crippen LogP contribution in [0.1, 0.15) is 19.8 Å². The summed E-state index contributed by atoms with van der Waals surface area (Å²) in [5, 5.41) is 3.66. The first kappa shape index (κ1) is 5.45. The van der Waals surface area contributed by atoms with E-state index in [2.05, 4.69) is 24.9 Å². The summed E-state index contributed by atoms with van der Waals surface area (Å²) in [4.78, 5) is 0. The van der Waals surface area contributed by atoms with Crippen LogP contribution in [0.3, 0.4) is 0 Å². The van der Waals surface area contributed by atoms with Crippen molar-refractivity contribution in [2.24, 2.45) is 0 Å². The van der Waals surface area contributed by atoms with Gasteiger partial charge in [-0.1, -0.05) is 0 Å². The highest BCUT2D eigenvalue weighted by Crippen LogP contribution is 2.19. The molecular weight excluding hydrogens is 106 g/mol. The van der Waals surface area contributed by atoms with Crippen molar-refractivity contribution in [1.29, 1.82) is 0 Å². The largest absolute Gasteiger partial charge is 0.303 e. The molecule has 1 aliphatic carbocycles. The van der Waals surface area contributed by atoms with E-state index in [0.717, 1.165) is 6.04 Å². The van der Waals surface area contributed by atoms with Gasteiger partial charge in [0, 0.05) is 11.4 Å². The maximum atomic E-state index is 4.17. The molecule has 7 heavy (non-hydrogen) atoms. The normalized spacial score (nSPS) is 24.9. The lowest BCUT2D eigenvalue weighted by Gasteiger charge is -2.02. The fourth-order valence-corrected chi connectivity index (χ4v) is 0.802. The highest BCUT2D eigenvalue weighted by Gasteiger charge is 2.20. The zero-order valence-corrected chi connectivity index (χ0v) is 5.41. The topological polar surface area (TPSA) is 12.0 Å². The standard InChI is InChI=1S/C5H11NS/c1-4(7)6-5-2-3-5/h4-7H,2-3H2,1H3. The van der Waals surface area contributed by atoms with Crippen LogP contribution in [0.4, 0.5) is 0 Å². The molecule has 0 radical (unpaired) electrons. The molecule has 0 spiro atoms. The Hall–Kier alpha value is 0.310. The Morgan fingerprint density at radius 1 is 1.71 bits per heavy atom. The SMILES string of the molecule is CC(S)NC1CC1. The van der Waals surface area contributed by atoms with Crippen molar-refractivity contribution in [2.75, 3.05) is 0 Å². The third-order valence-electron chi connectivity index (χ3n) is 1.05. The summed E-state index contributed by atoms with van der Waals surface area (Å²) in [6.45, 7) is 2.06. The maximum Gasteiger partial charge on any atom is 0.0475 e. The van der Waals surface area contributed by atoms with Gasteiger partial charge in [-0.25, -0.2) is 0 Å². The van der Waals surface area contributed by atoms with Gasteiger partial charge in [0.05, 0.1) is 0 Å². The van der Waals surface area contributed by atoms with Gasteiger partial charge < -0.3 is 5.32 Å². The van der Waals surface area contributed by atoms with Gasteiger partial charge in [-0.2, -0.15) is 12.6 Å². The lowest BCUT2D eigenvalue weighted by atomic mass is 10.6. The molecule has 0 aliphatic heterocycles. The van der Waals surface area contributed by atoms with Crippen LogP contribution in [0.2, 0.25) is 0 Å². The molecule has 1 saturated carbocycles. The molecule has 0 aromatic carbocycles. The van der Waals surface area contributed by atoms with Crippen LogP contribution in [0.15, 0.2) is 0 Å². The van der Waals surface area contributed by atoms with Gasteiger partial charge in [-0.05, 0) is 19.8 Å². The van der Waals surface area contributed by atoms with Gasteiger partial charge in [-0.3, -0.25) is 0 Å². The minimum atomic E-state index is 0.382. The Labute approximate surface area is 49.9 Å². The number of nitrogens with one attached hydrogen (secondary N) is 1. The van der Waals surface area contributed by atoms with Gasteiger partial charge in [0.25, 0.3) is 0 Å². The highest BCUT2D eigenvalue weighted by molar-refractivity contribution is 7.80. The first-order valence-electron chi connectivity index (χ1n) is 2.73. The van der Waals surface area contributed by atoms with Crippen molar-refractivity contribution >= 4 is 12.6 Å². The maximum absolute atomic E-state index is 4.17. The molecule has 0 amide bonds. The molecule has 42 valence electrons. The molecule has 1 atom stereocenters. The molecule has 0 heterocycles. The zero-order chi connectivity index (χ0) is 5.28. The third-order valence-corrected chi connectivity index (χ3v) is 1.20. The summed E-state index contributed by atoms with van der Waals surface area (Å²) in [6.07, 6.45) is 2.70. The van der Waals surface area contributed by atoms with E-state index < -0.39 is 0 Å². The van der Waals surface area contributed by atoms with Crippen molar-refractivity contribution in [3.05, 3.63) is 0 Å². The van der Waals surface area contributed by atoms with E-state index in [9.17, 15) is 0 Å². The summed E-state index contributed by atoms with van der Waals surface area (Å²) in [5.41, 5.74) is 0. The van der Waals surface area contributed by atoms with E-state index in [1.807, 2.05) is 0 Å². The third kappa shape index (κ3) is 2.19. The average molecular weight is 117 g/mol. The molecule has 2 heteroatoms. The summed E-state index contributed by atoms with van der Waals surface area (Å²) in [5.74, 6) is 0. The van der Waals surface area contributed by atoms with E-state index in [1.165, 1.54) is 12.8 Å². The van der Waals surface area contributed by atoms with Crippen molar-refractivity contribution in [2.45, 2.75) is 31.2 Å². The second-order valence-electron chi connectivity index (χ2n) is 2.12. The zero-order valence-electron chi connectivity index (χ0n) is 4.52. The number of rotatable bonds is 2. The second-order valence-corrected chi connectivity index (χ2v) is 2.89. The Balaban J connectivity index is 1.97. The van der Waals surface area contributed by atoms with Gasteiger partial charge in [-0.15, -0.1) is 0 Å². The molecule has 1 nitrogen and oxygen atoms in total. The van der Waals surface area contributed by atoms with Crippen LogP contribution in [-0.2, 0) is 0 Å². The predicted octanol–water partition coefficient (Wildman–Crippen LogP) is 1.01. The first-order valence-corrected chi connectivity index (χ1v) is 3.25. The van der Waals surface area contributed by atoms with Crippen molar-refractivity contribution in [3.8, 4) is 0 Å². The molecule has 0 aromatic rings. The van der Waals surface area contributed by atoms with Gasteiger partial charge in [0.15, 0.2) is 0 Å². The second kappa shape index (κ2) is 2.05. The minimum absolute atomic E-state index is 0.382. The lowest BCUT2D eigenvalue weighted by molar-refractivity contribution is 0.686. The Morgan fingerprint density at radius 3 is 2.43 bits per heavy atom. The Kier molecular flexibility index (Phi) is 1.60. The van der Waals surface area contributed by atoms with Crippen molar-refractivity contribution in [3.63, 3.8) is 0 Å². The lowest BCUT2D eigenvalue weighted by Crippen LogP contribution is -2.22. The van der Waals surface area contributed by atoms with Crippen LogP contribution >= 0.6 is 12.6 Å². The fourth-order valence-electron chi connectivity index (χ4n) is 0.591. The van der Waals surface area contributed by atoms with Crippen LogP contribution < -0.4 is 5.32 Å². The smallest absolute Gasteiger partial charge is 0.0475 e. The fraction of sp³-hybridized carbons (Fsp3) is 1.00. The van der Waals surface area contributed by atoms with Gasteiger partial charge >= 0.3 is 0 Å². The monoisotopic (exact) mass is 117 g/mol. The van der Waals surface area contributed by atoms with Crippen molar-refractivity contribution in [1.82, 2.24) is 5.32 Å². The van der Waals surface area contributed by atoms with E-state index in [4.69, 9.17) is 0 Å². The Morgan fingerprint density at radius 2 is 2.29 bits per heavy atom. The van der Waals surface area contributed by atoms with E-state index in [0.29, 0.717) is 5.37 Å². The van der Waals surface area contributed by atoms with E-state index in [-0.39, 0.29) is 0 Å². The molecule has 0 saturated heterocycles. The molecule has 1 rings (SSSR count). The number of hydrogen-bond donors (Lipinski definition) is 2. The molecule has 0 bridgehead atoms. The molecule has 1 unspecified atom stereocenters. The van der Waals surface area contributed by atoms with Crippen LogP contribution in [0, 0.1) is 0 Å². The summed E-state index contributed by atoms with van der Waals surface area (Å²) >= 11 is 4.17. The summed E-state index contributed by atoms with van der Waals surface area (Å²) < 4.78 is 0. The number of thiol groups is 1. The van der Waals surface area contributed by atoms with Crippen LogP contribution in [-0.4, -0.2) is 11.4 Å². The summed E-state index contributed by atoms with van der Waals surface area (Å²) in [7, 11) is 0. The highest BCUT2D eigenvalue weighted by atomic mass is 32.1. The first-order chi connectivity index (χ1) is 3.29. The quantitative estimate of drug-likeness (QED) is 0.406. The van der Waals surface area contributed by atoms with Gasteiger partial charge in [0.1, 0.15) is 0 Å². The molecule has 1 N–H and O–H groups in total. The van der Waals surface area contributed by atoms with Crippen LogP contribution in [0.25, 0.3) is 0 Å². The molecule has 1 fully saturated rings. The van der Waals surface area contributed by atoms with Gasteiger partial charge in [0.2, 0.25) is 0 Å². The average Bonchev–Trinajstić information content (AvgIpc) is 2.17. The summed E-state index contributed by atoms with van der Waals surface area (Å²) in [6, 6.07) is 0.799. The van der Waals surface area contributed by atoms with Crippen LogP contribution in [0.5, 0.6) is 0 Å². The number of hydrogen-bond acceptors (Lipinski definition) is 2. The van der Waals surface area contributed by atoms with Crippen molar-refractivity contribution < 1.29 is 0 Å². The molecular formula is C5H11NS. The Bertz CT molecular complexity index is 59.1. The predicted molar refractivity (Wildman–Crippen MR) is 34.6 cm³/mol. The molecule has 1 aliphatic rings. The molecule has 0 aromatic heterocycles. The van der Waals surface area contributed by atoms with E-state index in [1.54, 1.807) is 0 Å². The minimum Gasteiger partial charge on any atom is -0.303 e. The van der Waals surface area contributed by atoms with E-state index >= 15 is 0 Å².